The van der Waals surface area contributed by atoms with Gasteiger partial charge in [0.1, 0.15) is 0 Å². The van der Waals surface area contributed by atoms with Crippen LogP contribution < -0.4 is 10.6 Å². The van der Waals surface area contributed by atoms with Gasteiger partial charge in [-0.25, -0.2) is 0 Å². The molecule has 0 bridgehead atoms. The Balaban J connectivity index is 2.25. The highest BCUT2D eigenvalue weighted by Gasteiger charge is 2.09. The first-order chi connectivity index (χ1) is 9.26. The van der Waals surface area contributed by atoms with Gasteiger partial charge in [0, 0.05) is 24.2 Å². The number of hydrogen-bond acceptors (Lipinski definition) is 2. The van der Waals surface area contributed by atoms with Crippen molar-refractivity contribution < 1.29 is 0 Å². The van der Waals surface area contributed by atoms with Crippen molar-refractivity contribution in [3.8, 4) is 0 Å². The number of benzene rings is 2. The molecule has 2 nitrogen and oxygen atoms in total. The van der Waals surface area contributed by atoms with Crippen LogP contribution in [0.15, 0.2) is 42.5 Å². The zero-order valence-electron chi connectivity index (χ0n) is 12.0. The molecule has 0 fully saturated rings. The second-order valence-corrected chi connectivity index (χ2v) is 5.21. The SMILES string of the molecule is CCN(CCC(C)CN)c1cccc2ccccc12. The first-order valence-corrected chi connectivity index (χ1v) is 7.19. The van der Waals surface area contributed by atoms with E-state index in [1.807, 2.05) is 0 Å². The van der Waals surface area contributed by atoms with E-state index in [1.54, 1.807) is 0 Å². The highest BCUT2D eigenvalue weighted by Crippen LogP contribution is 2.26. The largest absolute Gasteiger partial charge is 0.371 e. The van der Waals surface area contributed by atoms with Crippen LogP contribution in [-0.4, -0.2) is 19.6 Å². The molecule has 0 aliphatic heterocycles. The number of hydrogen-bond donors (Lipinski definition) is 1. The summed E-state index contributed by atoms with van der Waals surface area (Å²) in [6.07, 6.45) is 1.15. The Bertz CT molecular complexity index is 516. The Kier molecular flexibility index (Phi) is 4.80. The van der Waals surface area contributed by atoms with Crippen molar-refractivity contribution in [1.29, 1.82) is 0 Å². The smallest absolute Gasteiger partial charge is 0.0445 e. The number of nitrogens with zero attached hydrogens (tertiary/aromatic N) is 1. The number of rotatable bonds is 6. The summed E-state index contributed by atoms with van der Waals surface area (Å²) in [6, 6.07) is 15.1. The summed E-state index contributed by atoms with van der Waals surface area (Å²) in [5, 5.41) is 2.65. The lowest BCUT2D eigenvalue weighted by atomic mass is 10.1. The molecule has 2 heteroatoms. The highest BCUT2D eigenvalue weighted by molar-refractivity contribution is 5.94. The van der Waals surface area contributed by atoms with Crippen LogP contribution in [0.4, 0.5) is 5.69 Å². The van der Waals surface area contributed by atoms with Crippen LogP contribution >= 0.6 is 0 Å². The van der Waals surface area contributed by atoms with E-state index in [1.165, 1.54) is 16.5 Å². The summed E-state index contributed by atoms with van der Waals surface area (Å²) in [5.41, 5.74) is 7.05. The van der Waals surface area contributed by atoms with Crippen molar-refractivity contribution in [1.82, 2.24) is 0 Å². The fourth-order valence-electron chi connectivity index (χ4n) is 2.43. The fourth-order valence-corrected chi connectivity index (χ4v) is 2.43. The van der Waals surface area contributed by atoms with Crippen LogP contribution in [0.2, 0.25) is 0 Å². The Morgan fingerprint density at radius 2 is 1.84 bits per heavy atom. The minimum Gasteiger partial charge on any atom is -0.371 e. The van der Waals surface area contributed by atoms with Gasteiger partial charge >= 0.3 is 0 Å². The van der Waals surface area contributed by atoms with Crippen molar-refractivity contribution in [3.63, 3.8) is 0 Å². The van der Waals surface area contributed by atoms with Crippen LogP contribution in [0.3, 0.4) is 0 Å². The molecule has 0 amide bonds. The molecule has 2 aromatic rings. The Labute approximate surface area is 116 Å². The molecule has 102 valence electrons. The number of fused-ring (bicyclic) bond motifs is 1. The highest BCUT2D eigenvalue weighted by atomic mass is 15.1. The number of anilines is 1. The summed E-state index contributed by atoms with van der Waals surface area (Å²) < 4.78 is 0. The third kappa shape index (κ3) is 3.27. The van der Waals surface area contributed by atoms with Crippen LogP contribution in [0.25, 0.3) is 10.8 Å². The topological polar surface area (TPSA) is 29.3 Å². The Morgan fingerprint density at radius 1 is 1.11 bits per heavy atom. The summed E-state index contributed by atoms with van der Waals surface area (Å²) in [7, 11) is 0. The third-order valence-electron chi connectivity index (χ3n) is 3.78. The Morgan fingerprint density at radius 3 is 2.58 bits per heavy atom. The standard InChI is InChI=1S/C17H24N2/c1-3-19(12-11-14(2)13-18)17-10-6-8-15-7-4-5-9-16(15)17/h4-10,14H,3,11-13,18H2,1-2H3. The van der Waals surface area contributed by atoms with Gasteiger partial charge in [0.15, 0.2) is 0 Å². The molecule has 0 aromatic heterocycles. The quantitative estimate of drug-likeness (QED) is 0.854. The van der Waals surface area contributed by atoms with E-state index in [9.17, 15) is 0 Å². The molecule has 0 aliphatic rings. The molecule has 2 aromatic carbocycles. The van der Waals surface area contributed by atoms with Gasteiger partial charge in [0.25, 0.3) is 0 Å². The van der Waals surface area contributed by atoms with E-state index in [-0.39, 0.29) is 0 Å². The van der Waals surface area contributed by atoms with Crippen molar-refractivity contribution in [2.75, 3.05) is 24.5 Å². The Hall–Kier alpha value is -1.54. The van der Waals surface area contributed by atoms with Crippen molar-refractivity contribution >= 4 is 16.5 Å². The lowest BCUT2D eigenvalue weighted by Crippen LogP contribution is -2.27. The average molecular weight is 256 g/mol. The minimum atomic E-state index is 0.587. The van der Waals surface area contributed by atoms with Crippen molar-refractivity contribution in [2.45, 2.75) is 20.3 Å². The van der Waals surface area contributed by atoms with Gasteiger partial charge in [-0.2, -0.15) is 0 Å². The molecular formula is C17H24N2. The average Bonchev–Trinajstić information content (AvgIpc) is 2.47. The van der Waals surface area contributed by atoms with Crippen molar-refractivity contribution in [2.24, 2.45) is 11.7 Å². The zero-order chi connectivity index (χ0) is 13.7. The second-order valence-electron chi connectivity index (χ2n) is 5.21. The maximum absolute atomic E-state index is 5.71. The zero-order valence-corrected chi connectivity index (χ0v) is 12.0. The monoisotopic (exact) mass is 256 g/mol. The molecule has 1 atom stereocenters. The van der Waals surface area contributed by atoms with E-state index in [4.69, 9.17) is 5.73 Å². The normalized spacial score (nSPS) is 12.6. The molecule has 19 heavy (non-hydrogen) atoms. The maximum atomic E-state index is 5.71. The lowest BCUT2D eigenvalue weighted by Gasteiger charge is -2.26. The molecule has 0 spiro atoms. The summed E-state index contributed by atoms with van der Waals surface area (Å²) in [5.74, 6) is 0.587. The van der Waals surface area contributed by atoms with E-state index in [0.717, 1.165) is 26.1 Å². The first-order valence-electron chi connectivity index (χ1n) is 7.19. The van der Waals surface area contributed by atoms with Crippen LogP contribution in [0.1, 0.15) is 20.3 Å². The minimum absolute atomic E-state index is 0.587. The molecule has 2 N–H and O–H groups in total. The summed E-state index contributed by atoms with van der Waals surface area (Å²) >= 11 is 0. The second kappa shape index (κ2) is 6.58. The number of nitrogens with two attached hydrogens (primary N) is 1. The lowest BCUT2D eigenvalue weighted by molar-refractivity contribution is 0.539. The van der Waals surface area contributed by atoms with Gasteiger partial charge in [-0.3, -0.25) is 0 Å². The predicted molar refractivity (Wildman–Crippen MR) is 84.7 cm³/mol. The fraction of sp³-hybridized carbons (Fsp3) is 0.412. The summed E-state index contributed by atoms with van der Waals surface area (Å²) in [6.45, 7) is 7.31. The third-order valence-corrected chi connectivity index (χ3v) is 3.78. The van der Waals surface area contributed by atoms with Crippen LogP contribution in [0.5, 0.6) is 0 Å². The molecule has 1 unspecified atom stereocenters. The van der Waals surface area contributed by atoms with Gasteiger partial charge in [0.2, 0.25) is 0 Å². The van der Waals surface area contributed by atoms with Crippen molar-refractivity contribution in [3.05, 3.63) is 42.5 Å². The summed E-state index contributed by atoms with van der Waals surface area (Å²) in [4.78, 5) is 2.45. The van der Waals surface area contributed by atoms with E-state index in [0.29, 0.717) is 5.92 Å². The first kappa shape index (κ1) is 13.9. The predicted octanol–water partition coefficient (Wildman–Crippen LogP) is 3.65. The van der Waals surface area contributed by atoms with Gasteiger partial charge in [-0.05, 0) is 37.3 Å². The maximum Gasteiger partial charge on any atom is 0.0445 e. The van der Waals surface area contributed by atoms with Crippen LogP contribution in [0, 0.1) is 5.92 Å². The molecular weight excluding hydrogens is 232 g/mol. The molecule has 0 heterocycles. The van der Waals surface area contributed by atoms with Gasteiger partial charge in [0.05, 0.1) is 0 Å². The molecule has 2 rings (SSSR count). The van der Waals surface area contributed by atoms with Gasteiger partial charge in [-0.15, -0.1) is 0 Å². The van der Waals surface area contributed by atoms with Gasteiger partial charge < -0.3 is 10.6 Å². The van der Waals surface area contributed by atoms with Gasteiger partial charge in [-0.1, -0.05) is 43.3 Å². The van der Waals surface area contributed by atoms with Crippen LogP contribution in [-0.2, 0) is 0 Å². The molecule has 0 saturated heterocycles. The molecule has 0 aliphatic carbocycles. The van der Waals surface area contributed by atoms with E-state index >= 15 is 0 Å². The molecule has 0 saturated carbocycles. The molecule has 0 radical (unpaired) electrons. The van der Waals surface area contributed by atoms with E-state index < -0.39 is 0 Å². The van der Waals surface area contributed by atoms with E-state index in [2.05, 4.69) is 61.2 Å².